The summed E-state index contributed by atoms with van der Waals surface area (Å²) < 4.78 is 24.1. The van der Waals surface area contributed by atoms with Gasteiger partial charge in [-0.05, 0) is 17.2 Å². The predicted octanol–water partition coefficient (Wildman–Crippen LogP) is 2.38. The van der Waals surface area contributed by atoms with Crippen molar-refractivity contribution in [3.8, 4) is 0 Å². The van der Waals surface area contributed by atoms with E-state index in [2.05, 4.69) is 0 Å². The van der Waals surface area contributed by atoms with Crippen molar-refractivity contribution >= 4 is 15.5 Å². The molecule has 2 rings (SSSR count). The van der Waals surface area contributed by atoms with Gasteiger partial charge in [-0.2, -0.15) is 0 Å². The molecule has 2 N–H and O–H groups in total. The van der Waals surface area contributed by atoms with E-state index >= 15 is 0 Å². The summed E-state index contributed by atoms with van der Waals surface area (Å²) in [5, 5.41) is 0. The van der Waals surface area contributed by atoms with Crippen LogP contribution in [0.1, 0.15) is 11.1 Å². The van der Waals surface area contributed by atoms with Crippen LogP contribution in [-0.2, 0) is 21.3 Å². The molecule has 0 bridgehead atoms. The van der Waals surface area contributed by atoms with Gasteiger partial charge in [0.05, 0.1) is 11.5 Å². The molecule has 18 heavy (non-hydrogen) atoms. The maximum atomic E-state index is 12.1. The van der Waals surface area contributed by atoms with Crippen molar-refractivity contribution in [3.63, 3.8) is 0 Å². The summed E-state index contributed by atoms with van der Waals surface area (Å²) in [5.74, 6) is 0.0245. The molecule has 2 aromatic rings. The van der Waals surface area contributed by atoms with Gasteiger partial charge in [-0.1, -0.05) is 48.5 Å². The lowest BCUT2D eigenvalue weighted by Gasteiger charge is -2.07. The Morgan fingerprint density at radius 2 is 1.44 bits per heavy atom. The maximum absolute atomic E-state index is 12.1. The zero-order chi connectivity index (χ0) is 13.0. The molecule has 0 spiro atoms. The third kappa shape index (κ3) is 3.34. The van der Waals surface area contributed by atoms with E-state index in [1.807, 2.05) is 30.3 Å². The van der Waals surface area contributed by atoms with E-state index in [-0.39, 0.29) is 11.5 Å². The van der Waals surface area contributed by atoms with E-state index in [0.29, 0.717) is 11.3 Å². The topological polar surface area (TPSA) is 60.2 Å². The summed E-state index contributed by atoms with van der Waals surface area (Å²) in [5.41, 5.74) is 7.74. The highest BCUT2D eigenvalue weighted by molar-refractivity contribution is 7.89. The average molecular weight is 261 g/mol. The Hall–Kier alpha value is -1.81. The molecule has 0 aromatic heterocycles. The van der Waals surface area contributed by atoms with Crippen molar-refractivity contribution in [2.45, 2.75) is 11.5 Å². The highest BCUT2D eigenvalue weighted by Crippen LogP contribution is 2.17. The molecule has 2 aromatic carbocycles. The lowest BCUT2D eigenvalue weighted by molar-refractivity contribution is 0.594. The van der Waals surface area contributed by atoms with Crippen LogP contribution in [0.4, 0.5) is 5.69 Å². The molecule has 3 nitrogen and oxygen atoms in total. The Balaban J connectivity index is 2.16. The van der Waals surface area contributed by atoms with E-state index in [1.165, 1.54) is 0 Å². The number of rotatable bonds is 4. The fraction of sp³-hybridized carbons (Fsp3) is 0.143. The summed E-state index contributed by atoms with van der Waals surface area (Å²) in [6, 6.07) is 16.2. The third-order valence-electron chi connectivity index (χ3n) is 2.66. The molecule has 0 aliphatic rings. The quantitative estimate of drug-likeness (QED) is 0.860. The van der Waals surface area contributed by atoms with E-state index in [0.717, 1.165) is 5.56 Å². The minimum atomic E-state index is -3.19. The molecule has 0 unspecified atom stereocenters. The first-order valence-electron chi connectivity index (χ1n) is 5.64. The van der Waals surface area contributed by atoms with Crippen LogP contribution in [0.15, 0.2) is 54.6 Å². The van der Waals surface area contributed by atoms with Crippen LogP contribution < -0.4 is 5.73 Å². The normalized spacial score (nSPS) is 11.3. The number of sulfone groups is 1. The molecule has 0 amide bonds. The number of para-hydroxylation sites is 1. The molecule has 0 atom stereocenters. The number of anilines is 1. The predicted molar refractivity (Wildman–Crippen MR) is 73.6 cm³/mol. The minimum absolute atomic E-state index is 0.0193. The monoisotopic (exact) mass is 261 g/mol. The Labute approximate surface area is 107 Å². The van der Waals surface area contributed by atoms with Crippen LogP contribution in [0.25, 0.3) is 0 Å². The molecule has 0 saturated carbocycles. The van der Waals surface area contributed by atoms with Gasteiger partial charge in [0.1, 0.15) is 0 Å². The molecule has 0 saturated heterocycles. The van der Waals surface area contributed by atoms with Crippen LogP contribution in [-0.4, -0.2) is 8.42 Å². The van der Waals surface area contributed by atoms with Crippen molar-refractivity contribution in [3.05, 3.63) is 65.7 Å². The van der Waals surface area contributed by atoms with Gasteiger partial charge in [-0.25, -0.2) is 8.42 Å². The number of hydrogen-bond acceptors (Lipinski definition) is 3. The molecular weight excluding hydrogens is 246 g/mol. The molecule has 0 radical (unpaired) electrons. The van der Waals surface area contributed by atoms with Crippen molar-refractivity contribution < 1.29 is 8.42 Å². The van der Waals surface area contributed by atoms with Crippen LogP contribution in [0.5, 0.6) is 0 Å². The van der Waals surface area contributed by atoms with Gasteiger partial charge < -0.3 is 5.73 Å². The SMILES string of the molecule is Nc1ccccc1CS(=O)(=O)Cc1ccccc1. The first-order chi connectivity index (χ1) is 8.57. The van der Waals surface area contributed by atoms with E-state index in [9.17, 15) is 8.42 Å². The first kappa shape index (κ1) is 12.6. The van der Waals surface area contributed by atoms with Crippen molar-refractivity contribution in [2.75, 3.05) is 5.73 Å². The second kappa shape index (κ2) is 5.23. The third-order valence-corrected chi connectivity index (χ3v) is 4.18. The summed E-state index contributed by atoms with van der Waals surface area (Å²) in [4.78, 5) is 0. The minimum Gasteiger partial charge on any atom is -0.398 e. The summed E-state index contributed by atoms with van der Waals surface area (Å²) in [6.45, 7) is 0. The molecule has 0 aliphatic heterocycles. The van der Waals surface area contributed by atoms with Gasteiger partial charge in [0.25, 0.3) is 0 Å². The Bertz CT molecular complexity index is 621. The van der Waals surface area contributed by atoms with E-state index < -0.39 is 9.84 Å². The number of nitrogen functional groups attached to an aromatic ring is 1. The van der Waals surface area contributed by atoms with Gasteiger partial charge in [0.2, 0.25) is 0 Å². The standard InChI is InChI=1S/C14H15NO2S/c15-14-9-5-4-8-13(14)11-18(16,17)10-12-6-2-1-3-7-12/h1-9H,10-11,15H2. The van der Waals surface area contributed by atoms with Crippen LogP contribution in [0.2, 0.25) is 0 Å². The average Bonchev–Trinajstić information content (AvgIpc) is 2.32. The zero-order valence-corrected chi connectivity index (χ0v) is 10.7. The Morgan fingerprint density at radius 1 is 0.833 bits per heavy atom. The number of hydrogen-bond donors (Lipinski definition) is 1. The second-order valence-electron chi connectivity index (χ2n) is 4.22. The van der Waals surface area contributed by atoms with Gasteiger partial charge in [-0.3, -0.25) is 0 Å². The van der Waals surface area contributed by atoms with Gasteiger partial charge in [-0.15, -0.1) is 0 Å². The number of nitrogens with two attached hydrogens (primary N) is 1. The smallest absolute Gasteiger partial charge is 0.158 e. The summed E-state index contributed by atoms with van der Waals surface area (Å²) >= 11 is 0. The Morgan fingerprint density at radius 3 is 2.11 bits per heavy atom. The summed E-state index contributed by atoms with van der Waals surface area (Å²) in [7, 11) is -3.19. The van der Waals surface area contributed by atoms with Crippen molar-refractivity contribution in [1.82, 2.24) is 0 Å². The Kier molecular flexibility index (Phi) is 3.67. The fourth-order valence-electron chi connectivity index (χ4n) is 1.78. The van der Waals surface area contributed by atoms with Crippen LogP contribution >= 0.6 is 0 Å². The highest BCUT2D eigenvalue weighted by Gasteiger charge is 2.14. The van der Waals surface area contributed by atoms with E-state index in [4.69, 9.17) is 5.73 Å². The number of benzene rings is 2. The highest BCUT2D eigenvalue weighted by atomic mass is 32.2. The van der Waals surface area contributed by atoms with Gasteiger partial charge in [0, 0.05) is 5.69 Å². The maximum Gasteiger partial charge on any atom is 0.158 e. The van der Waals surface area contributed by atoms with Gasteiger partial charge in [0.15, 0.2) is 9.84 Å². The van der Waals surface area contributed by atoms with Crippen LogP contribution in [0, 0.1) is 0 Å². The summed E-state index contributed by atoms with van der Waals surface area (Å²) in [6.07, 6.45) is 0. The van der Waals surface area contributed by atoms with E-state index in [1.54, 1.807) is 24.3 Å². The lowest BCUT2D eigenvalue weighted by Crippen LogP contribution is -2.09. The molecule has 0 fully saturated rings. The second-order valence-corrected chi connectivity index (χ2v) is 6.28. The van der Waals surface area contributed by atoms with Gasteiger partial charge >= 0.3 is 0 Å². The first-order valence-corrected chi connectivity index (χ1v) is 7.47. The molecule has 0 aliphatic carbocycles. The lowest BCUT2D eigenvalue weighted by atomic mass is 10.2. The zero-order valence-electron chi connectivity index (χ0n) is 9.91. The molecule has 0 heterocycles. The molecule has 4 heteroatoms. The molecule has 94 valence electrons. The molecular formula is C14H15NO2S. The van der Waals surface area contributed by atoms with Crippen molar-refractivity contribution in [1.29, 1.82) is 0 Å². The van der Waals surface area contributed by atoms with Crippen LogP contribution in [0.3, 0.4) is 0 Å². The fourth-order valence-corrected chi connectivity index (χ4v) is 3.32. The van der Waals surface area contributed by atoms with Crippen molar-refractivity contribution in [2.24, 2.45) is 0 Å². The largest absolute Gasteiger partial charge is 0.398 e.